The lowest BCUT2D eigenvalue weighted by molar-refractivity contribution is -0.119. The van der Waals surface area contributed by atoms with E-state index >= 15 is 0 Å². The molecule has 0 heterocycles. The van der Waals surface area contributed by atoms with Crippen LogP contribution >= 0.6 is 11.6 Å². The van der Waals surface area contributed by atoms with Gasteiger partial charge in [-0.15, -0.1) is 0 Å². The van der Waals surface area contributed by atoms with Crippen molar-refractivity contribution in [3.8, 4) is 11.5 Å². The number of carbonyl (C=O) groups is 2. The molecule has 0 unspecified atom stereocenters. The van der Waals surface area contributed by atoms with Gasteiger partial charge in [0.25, 0.3) is 15.9 Å². The average molecular weight is 505 g/mol. The Morgan fingerprint density at radius 1 is 0.853 bits per heavy atom. The number of hydrogen-bond donors (Lipinski definition) is 2. The Hall–Kier alpha value is -3.76. The lowest BCUT2D eigenvalue weighted by Crippen LogP contribution is -2.21. The first-order chi connectivity index (χ1) is 16.2. The molecule has 0 bridgehead atoms. The first-order valence-corrected chi connectivity index (χ1v) is 11.7. The van der Waals surface area contributed by atoms with Gasteiger partial charge in [-0.3, -0.25) is 9.52 Å². The van der Waals surface area contributed by atoms with Gasteiger partial charge in [0.05, 0.1) is 24.8 Å². The average Bonchev–Trinajstić information content (AvgIpc) is 2.83. The third-order valence-corrected chi connectivity index (χ3v) is 6.37. The third-order valence-electron chi connectivity index (χ3n) is 4.51. The third kappa shape index (κ3) is 6.40. The van der Waals surface area contributed by atoms with Gasteiger partial charge in [-0.25, -0.2) is 13.2 Å². The lowest BCUT2D eigenvalue weighted by Gasteiger charge is -2.12. The number of esters is 1. The van der Waals surface area contributed by atoms with Crippen LogP contribution in [0, 0.1) is 0 Å². The van der Waals surface area contributed by atoms with Crippen LogP contribution < -0.4 is 19.5 Å². The monoisotopic (exact) mass is 504 g/mol. The first kappa shape index (κ1) is 24.9. The summed E-state index contributed by atoms with van der Waals surface area (Å²) in [5.74, 6) is -0.273. The summed E-state index contributed by atoms with van der Waals surface area (Å²) in [7, 11) is -1.10. The van der Waals surface area contributed by atoms with Crippen molar-refractivity contribution in [3.05, 3.63) is 77.3 Å². The van der Waals surface area contributed by atoms with Crippen molar-refractivity contribution in [2.24, 2.45) is 0 Å². The molecule has 1 amide bonds. The first-order valence-electron chi connectivity index (χ1n) is 9.79. The fraction of sp³-hybridized carbons (Fsp3) is 0.130. The number of nitrogens with one attached hydrogen (secondary N) is 2. The molecule has 11 heteroatoms. The maximum atomic E-state index is 12.8. The van der Waals surface area contributed by atoms with Gasteiger partial charge in [0.1, 0.15) is 16.4 Å². The van der Waals surface area contributed by atoms with Gasteiger partial charge in [0.2, 0.25) is 0 Å². The van der Waals surface area contributed by atoms with Crippen LogP contribution in [0.2, 0.25) is 5.02 Å². The van der Waals surface area contributed by atoms with E-state index in [0.717, 1.165) is 6.07 Å². The molecule has 0 spiro atoms. The van der Waals surface area contributed by atoms with E-state index in [0.29, 0.717) is 17.2 Å². The summed E-state index contributed by atoms with van der Waals surface area (Å²) >= 11 is 6.07. The van der Waals surface area contributed by atoms with Crippen LogP contribution in [0.4, 0.5) is 11.4 Å². The molecule has 9 nitrogen and oxygen atoms in total. The summed E-state index contributed by atoms with van der Waals surface area (Å²) in [5.41, 5.74) is 0.683. The second-order valence-corrected chi connectivity index (χ2v) is 8.89. The van der Waals surface area contributed by atoms with E-state index in [2.05, 4.69) is 10.0 Å². The number of amides is 1. The highest BCUT2D eigenvalue weighted by atomic mass is 35.5. The number of rotatable bonds is 9. The lowest BCUT2D eigenvalue weighted by atomic mass is 10.2. The second kappa shape index (κ2) is 10.9. The summed E-state index contributed by atoms with van der Waals surface area (Å²) in [5, 5.41) is 2.48. The molecular weight excluding hydrogens is 484 g/mol. The Morgan fingerprint density at radius 2 is 1.41 bits per heavy atom. The summed E-state index contributed by atoms with van der Waals surface area (Å²) < 4.78 is 43.1. The Kier molecular flexibility index (Phi) is 7.98. The van der Waals surface area contributed by atoms with Crippen LogP contribution in [-0.2, 0) is 19.6 Å². The van der Waals surface area contributed by atoms with Crippen LogP contribution in [-0.4, -0.2) is 41.1 Å². The van der Waals surface area contributed by atoms with Crippen molar-refractivity contribution < 1.29 is 32.2 Å². The van der Waals surface area contributed by atoms with Gasteiger partial charge in [-0.05, 0) is 66.7 Å². The van der Waals surface area contributed by atoms with Gasteiger partial charge in [0, 0.05) is 11.4 Å². The number of hydrogen-bond acceptors (Lipinski definition) is 7. The standard InChI is InChI=1S/C23H21ClN2O7S/c1-31-18-8-4-16(5-9-18)25-22(27)14-33-23(28)15-3-12-20(24)21(13-15)34(29,30)26-17-6-10-19(32-2)11-7-17/h3-13,26H,14H2,1-2H3,(H,25,27). The highest BCUT2D eigenvalue weighted by Crippen LogP contribution is 2.26. The Balaban J connectivity index is 1.66. The van der Waals surface area contributed by atoms with E-state index in [1.165, 1.54) is 38.5 Å². The molecular formula is C23H21ClN2O7S. The van der Waals surface area contributed by atoms with Gasteiger partial charge >= 0.3 is 5.97 Å². The number of methoxy groups -OCH3 is 2. The van der Waals surface area contributed by atoms with Gasteiger partial charge in [-0.1, -0.05) is 11.6 Å². The van der Waals surface area contributed by atoms with Gasteiger partial charge in [0.15, 0.2) is 6.61 Å². The fourth-order valence-electron chi connectivity index (χ4n) is 2.79. The van der Waals surface area contributed by atoms with Gasteiger partial charge in [-0.2, -0.15) is 0 Å². The van der Waals surface area contributed by atoms with Crippen molar-refractivity contribution in [1.29, 1.82) is 0 Å². The van der Waals surface area contributed by atoms with Gasteiger partial charge < -0.3 is 19.5 Å². The Labute approximate surface area is 201 Å². The molecule has 3 aromatic carbocycles. The molecule has 0 aliphatic carbocycles. The van der Waals surface area contributed by atoms with Crippen LogP contribution in [0.15, 0.2) is 71.6 Å². The minimum atomic E-state index is -4.12. The second-order valence-electron chi connectivity index (χ2n) is 6.83. The molecule has 0 aromatic heterocycles. The topological polar surface area (TPSA) is 120 Å². The van der Waals surface area contributed by atoms with Crippen LogP contribution in [0.25, 0.3) is 0 Å². The van der Waals surface area contributed by atoms with Crippen molar-refractivity contribution in [3.63, 3.8) is 0 Å². The molecule has 3 aromatic rings. The summed E-state index contributed by atoms with van der Waals surface area (Å²) in [6, 6.07) is 16.4. The maximum absolute atomic E-state index is 12.8. The molecule has 0 aliphatic rings. The number of anilines is 2. The minimum Gasteiger partial charge on any atom is -0.497 e. The number of benzene rings is 3. The Bertz CT molecular complexity index is 1280. The molecule has 2 N–H and O–H groups in total. The summed E-state index contributed by atoms with van der Waals surface area (Å²) in [6.07, 6.45) is 0. The molecule has 0 radical (unpaired) electrons. The molecule has 0 saturated carbocycles. The van der Waals surface area contributed by atoms with E-state index in [1.54, 1.807) is 36.4 Å². The predicted octanol–water partition coefficient (Wildman–Crippen LogP) is 3.95. The SMILES string of the molecule is COc1ccc(NC(=O)COC(=O)c2ccc(Cl)c(S(=O)(=O)Nc3ccc(OC)cc3)c2)cc1. The fourth-order valence-corrected chi connectivity index (χ4v) is 4.38. The van der Waals surface area contributed by atoms with E-state index in [9.17, 15) is 18.0 Å². The number of sulfonamides is 1. The maximum Gasteiger partial charge on any atom is 0.338 e. The summed E-state index contributed by atoms with van der Waals surface area (Å²) in [6.45, 7) is -0.570. The number of carbonyl (C=O) groups excluding carboxylic acids is 2. The molecule has 34 heavy (non-hydrogen) atoms. The van der Waals surface area contributed by atoms with E-state index in [-0.39, 0.29) is 21.2 Å². The van der Waals surface area contributed by atoms with Crippen molar-refractivity contribution in [2.45, 2.75) is 4.90 Å². The number of ether oxygens (including phenoxy) is 3. The van der Waals surface area contributed by atoms with Crippen LogP contribution in [0.3, 0.4) is 0 Å². The quantitative estimate of drug-likeness (QED) is 0.423. The Morgan fingerprint density at radius 3 is 1.97 bits per heavy atom. The molecule has 0 fully saturated rings. The number of halogens is 1. The summed E-state index contributed by atoms with van der Waals surface area (Å²) in [4.78, 5) is 24.2. The van der Waals surface area contributed by atoms with Crippen molar-refractivity contribution in [2.75, 3.05) is 30.9 Å². The van der Waals surface area contributed by atoms with E-state index < -0.39 is 28.5 Å². The van der Waals surface area contributed by atoms with E-state index in [4.69, 9.17) is 25.8 Å². The highest BCUT2D eigenvalue weighted by molar-refractivity contribution is 7.92. The van der Waals surface area contributed by atoms with E-state index in [1.807, 2.05) is 0 Å². The molecule has 0 saturated heterocycles. The normalized spacial score (nSPS) is 10.8. The smallest absolute Gasteiger partial charge is 0.338 e. The molecule has 178 valence electrons. The predicted molar refractivity (Wildman–Crippen MR) is 127 cm³/mol. The van der Waals surface area contributed by atoms with Crippen LogP contribution in [0.5, 0.6) is 11.5 Å². The highest BCUT2D eigenvalue weighted by Gasteiger charge is 2.21. The molecule has 0 aliphatic heterocycles. The zero-order chi connectivity index (χ0) is 24.7. The van der Waals surface area contributed by atoms with Crippen molar-refractivity contribution in [1.82, 2.24) is 0 Å². The minimum absolute atomic E-state index is 0.0863. The van der Waals surface area contributed by atoms with Crippen molar-refractivity contribution >= 4 is 44.9 Å². The zero-order valence-electron chi connectivity index (χ0n) is 18.2. The van der Waals surface area contributed by atoms with Crippen LogP contribution in [0.1, 0.15) is 10.4 Å². The zero-order valence-corrected chi connectivity index (χ0v) is 19.8. The largest absolute Gasteiger partial charge is 0.497 e. The molecule has 0 atom stereocenters. The molecule has 3 rings (SSSR count).